The average Bonchev–Trinajstić information content (AvgIpc) is 2.48. The number of hydrogen-bond acceptors (Lipinski definition) is 3. The summed E-state index contributed by atoms with van der Waals surface area (Å²) in [5.41, 5.74) is 4.59. The number of nitrogens with one attached hydrogen (secondary N) is 1. The van der Waals surface area contributed by atoms with Crippen molar-refractivity contribution in [2.45, 2.75) is 26.6 Å². The molecule has 0 bridgehead atoms. The standard InChI is InChI=1S/C18H23NO2/c1-14-7-6-8-15(2)18(14)19-11-17(20)13-21-12-16-9-4-3-5-10-16/h3-10,17,19-20H,11-13H2,1-2H3. The van der Waals surface area contributed by atoms with Crippen molar-refractivity contribution < 1.29 is 9.84 Å². The molecule has 2 aromatic rings. The number of rotatable bonds is 7. The van der Waals surface area contributed by atoms with Gasteiger partial charge in [0.25, 0.3) is 0 Å². The first-order valence-corrected chi connectivity index (χ1v) is 7.26. The van der Waals surface area contributed by atoms with Crippen LogP contribution in [0.3, 0.4) is 0 Å². The third-order valence-corrected chi connectivity index (χ3v) is 3.42. The van der Waals surface area contributed by atoms with E-state index in [1.165, 1.54) is 11.1 Å². The number of aliphatic hydroxyl groups excluding tert-OH is 1. The van der Waals surface area contributed by atoms with E-state index in [0.717, 1.165) is 11.3 Å². The number of ether oxygens (including phenoxy) is 1. The number of aliphatic hydroxyl groups is 1. The van der Waals surface area contributed by atoms with Gasteiger partial charge in [0.1, 0.15) is 0 Å². The van der Waals surface area contributed by atoms with E-state index in [4.69, 9.17) is 4.74 Å². The first-order valence-electron chi connectivity index (χ1n) is 7.26. The molecule has 2 aromatic carbocycles. The second-order valence-corrected chi connectivity index (χ2v) is 5.30. The van der Waals surface area contributed by atoms with Gasteiger partial charge in [0.05, 0.1) is 19.3 Å². The Bertz CT molecular complexity index is 534. The van der Waals surface area contributed by atoms with Gasteiger partial charge in [-0.1, -0.05) is 48.5 Å². The lowest BCUT2D eigenvalue weighted by Crippen LogP contribution is -2.25. The average molecular weight is 285 g/mol. The Morgan fingerprint density at radius 1 is 1.00 bits per heavy atom. The van der Waals surface area contributed by atoms with Gasteiger partial charge in [-0.05, 0) is 30.5 Å². The van der Waals surface area contributed by atoms with Crippen LogP contribution in [0.4, 0.5) is 5.69 Å². The fourth-order valence-electron chi connectivity index (χ4n) is 2.26. The Balaban J connectivity index is 1.74. The highest BCUT2D eigenvalue weighted by molar-refractivity contribution is 5.56. The van der Waals surface area contributed by atoms with Crippen LogP contribution in [0.2, 0.25) is 0 Å². The van der Waals surface area contributed by atoms with E-state index in [1.807, 2.05) is 36.4 Å². The topological polar surface area (TPSA) is 41.5 Å². The van der Waals surface area contributed by atoms with Gasteiger partial charge < -0.3 is 15.2 Å². The molecule has 0 heterocycles. The molecule has 0 fully saturated rings. The molecule has 21 heavy (non-hydrogen) atoms. The Hall–Kier alpha value is -1.84. The Morgan fingerprint density at radius 3 is 2.33 bits per heavy atom. The van der Waals surface area contributed by atoms with Crippen molar-refractivity contribution in [3.05, 3.63) is 65.2 Å². The molecule has 112 valence electrons. The first-order chi connectivity index (χ1) is 10.2. The molecule has 0 saturated heterocycles. The predicted octanol–water partition coefficient (Wildman–Crippen LogP) is 3.29. The normalized spacial score (nSPS) is 12.1. The SMILES string of the molecule is Cc1cccc(C)c1NCC(O)COCc1ccccc1. The van der Waals surface area contributed by atoms with Crippen LogP contribution in [0.25, 0.3) is 0 Å². The molecule has 0 aliphatic carbocycles. The second kappa shape index (κ2) is 7.81. The molecule has 2 rings (SSSR count). The van der Waals surface area contributed by atoms with E-state index in [1.54, 1.807) is 0 Å². The Labute approximate surface area is 126 Å². The van der Waals surface area contributed by atoms with Crippen LogP contribution < -0.4 is 5.32 Å². The maximum absolute atomic E-state index is 9.98. The zero-order valence-corrected chi connectivity index (χ0v) is 12.7. The van der Waals surface area contributed by atoms with Crippen molar-refractivity contribution in [3.63, 3.8) is 0 Å². The van der Waals surface area contributed by atoms with Crippen molar-refractivity contribution in [2.24, 2.45) is 0 Å². The van der Waals surface area contributed by atoms with Crippen molar-refractivity contribution in [1.82, 2.24) is 0 Å². The summed E-state index contributed by atoms with van der Waals surface area (Å²) in [6, 6.07) is 16.1. The molecule has 0 aromatic heterocycles. The minimum Gasteiger partial charge on any atom is -0.389 e. The summed E-state index contributed by atoms with van der Waals surface area (Å²) in [4.78, 5) is 0. The summed E-state index contributed by atoms with van der Waals surface area (Å²) in [5, 5.41) is 13.3. The van der Waals surface area contributed by atoms with Gasteiger partial charge in [0, 0.05) is 12.2 Å². The lowest BCUT2D eigenvalue weighted by Gasteiger charge is -2.16. The monoisotopic (exact) mass is 285 g/mol. The number of hydrogen-bond donors (Lipinski definition) is 2. The highest BCUT2D eigenvalue weighted by atomic mass is 16.5. The first kappa shape index (κ1) is 15.5. The molecule has 1 unspecified atom stereocenters. The molecule has 3 nitrogen and oxygen atoms in total. The zero-order valence-electron chi connectivity index (χ0n) is 12.7. The molecular formula is C18H23NO2. The summed E-state index contributed by atoms with van der Waals surface area (Å²) in [6.07, 6.45) is -0.521. The number of aryl methyl sites for hydroxylation is 2. The van der Waals surface area contributed by atoms with E-state index in [0.29, 0.717) is 19.8 Å². The van der Waals surface area contributed by atoms with E-state index in [9.17, 15) is 5.11 Å². The van der Waals surface area contributed by atoms with E-state index in [-0.39, 0.29) is 0 Å². The zero-order chi connectivity index (χ0) is 15.1. The van der Waals surface area contributed by atoms with Crippen LogP contribution in [0.5, 0.6) is 0 Å². The minimum atomic E-state index is -0.521. The fraction of sp³-hybridized carbons (Fsp3) is 0.333. The second-order valence-electron chi connectivity index (χ2n) is 5.30. The predicted molar refractivity (Wildman–Crippen MR) is 86.5 cm³/mol. The van der Waals surface area contributed by atoms with E-state index in [2.05, 4.69) is 31.3 Å². The summed E-state index contributed by atoms with van der Waals surface area (Å²) in [5.74, 6) is 0. The van der Waals surface area contributed by atoms with Gasteiger partial charge in [-0.2, -0.15) is 0 Å². The molecule has 3 heteroatoms. The number of benzene rings is 2. The molecule has 0 spiro atoms. The fourth-order valence-corrected chi connectivity index (χ4v) is 2.26. The van der Waals surface area contributed by atoms with Gasteiger partial charge in [-0.15, -0.1) is 0 Å². The maximum atomic E-state index is 9.98. The van der Waals surface area contributed by atoms with E-state index >= 15 is 0 Å². The Morgan fingerprint density at radius 2 is 1.67 bits per heavy atom. The maximum Gasteiger partial charge on any atom is 0.0945 e. The van der Waals surface area contributed by atoms with Gasteiger partial charge in [-0.3, -0.25) is 0 Å². The van der Waals surface area contributed by atoms with Crippen LogP contribution >= 0.6 is 0 Å². The molecule has 0 aliphatic heterocycles. The molecule has 0 radical (unpaired) electrons. The van der Waals surface area contributed by atoms with Crippen molar-refractivity contribution in [1.29, 1.82) is 0 Å². The summed E-state index contributed by atoms with van der Waals surface area (Å²) in [7, 11) is 0. The van der Waals surface area contributed by atoms with E-state index < -0.39 is 6.10 Å². The van der Waals surface area contributed by atoms with Crippen LogP contribution in [0, 0.1) is 13.8 Å². The third-order valence-electron chi connectivity index (χ3n) is 3.42. The highest BCUT2D eigenvalue weighted by Crippen LogP contribution is 2.19. The molecular weight excluding hydrogens is 262 g/mol. The minimum absolute atomic E-state index is 0.326. The van der Waals surface area contributed by atoms with Crippen molar-refractivity contribution >= 4 is 5.69 Å². The number of anilines is 1. The van der Waals surface area contributed by atoms with Crippen LogP contribution in [-0.4, -0.2) is 24.4 Å². The molecule has 0 aliphatic rings. The third kappa shape index (κ3) is 4.88. The van der Waals surface area contributed by atoms with Gasteiger partial charge in [0.15, 0.2) is 0 Å². The molecule has 0 amide bonds. The van der Waals surface area contributed by atoms with Crippen molar-refractivity contribution in [3.8, 4) is 0 Å². The van der Waals surface area contributed by atoms with Gasteiger partial charge >= 0.3 is 0 Å². The summed E-state index contributed by atoms with van der Waals surface area (Å²) >= 11 is 0. The quantitative estimate of drug-likeness (QED) is 0.820. The smallest absolute Gasteiger partial charge is 0.0945 e. The lowest BCUT2D eigenvalue weighted by atomic mass is 10.1. The Kier molecular flexibility index (Phi) is 5.78. The van der Waals surface area contributed by atoms with Gasteiger partial charge in [0.2, 0.25) is 0 Å². The number of para-hydroxylation sites is 1. The van der Waals surface area contributed by atoms with Crippen LogP contribution in [-0.2, 0) is 11.3 Å². The summed E-state index contributed by atoms with van der Waals surface area (Å²) in [6.45, 7) is 5.47. The largest absolute Gasteiger partial charge is 0.389 e. The van der Waals surface area contributed by atoms with Gasteiger partial charge in [-0.25, -0.2) is 0 Å². The lowest BCUT2D eigenvalue weighted by molar-refractivity contribution is 0.0348. The van der Waals surface area contributed by atoms with Crippen LogP contribution in [0.15, 0.2) is 48.5 Å². The van der Waals surface area contributed by atoms with Crippen molar-refractivity contribution in [2.75, 3.05) is 18.5 Å². The highest BCUT2D eigenvalue weighted by Gasteiger charge is 2.07. The molecule has 0 saturated carbocycles. The summed E-state index contributed by atoms with van der Waals surface area (Å²) < 4.78 is 5.54. The van der Waals surface area contributed by atoms with Crippen LogP contribution in [0.1, 0.15) is 16.7 Å². The molecule has 2 N–H and O–H groups in total. The molecule has 1 atom stereocenters.